The number of oxazole rings is 1. The Hall–Kier alpha value is -3.59. The van der Waals surface area contributed by atoms with E-state index in [0.717, 1.165) is 22.4 Å². The lowest BCUT2D eigenvalue weighted by Gasteiger charge is -2.18. The Morgan fingerprint density at radius 1 is 0.806 bits per heavy atom. The van der Waals surface area contributed by atoms with E-state index in [2.05, 4.69) is 45.0 Å². The molecule has 0 N–H and O–H groups in total. The minimum Gasteiger partial charge on any atom is -0.407 e. The van der Waals surface area contributed by atoms with Crippen LogP contribution in [0.2, 0.25) is 0 Å². The Labute approximate surface area is 183 Å². The summed E-state index contributed by atoms with van der Waals surface area (Å²) in [7, 11) is 0. The summed E-state index contributed by atoms with van der Waals surface area (Å²) in [4.78, 5) is 12.8. The molecule has 4 aromatic rings. The summed E-state index contributed by atoms with van der Waals surface area (Å²) in [6.45, 7) is 7.08. The summed E-state index contributed by atoms with van der Waals surface area (Å²) in [6, 6.07) is 28.3. The Morgan fingerprint density at radius 2 is 1.42 bits per heavy atom. The van der Waals surface area contributed by atoms with Gasteiger partial charge in [-0.2, -0.15) is 0 Å². The van der Waals surface area contributed by atoms with Gasteiger partial charge in [-0.05, 0) is 28.2 Å². The van der Waals surface area contributed by atoms with Gasteiger partial charge in [-0.15, -0.1) is 0 Å². The lowest BCUT2D eigenvalue weighted by Crippen LogP contribution is -2.16. The largest absolute Gasteiger partial charge is 0.420 e. The summed E-state index contributed by atoms with van der Waals surface area (Å²) >= 11 is 0. The van der Waals surface area contributed by atoms with Crippen LogP contribution in [0.5, 0.6) is 0 Å². The zero-order valence-corrected chi connectivity index (χ0v) is 18.2. The molecule has 31 heavy (non-hydrogen) atoms. The molecule has 156 valence electrons. The van der Waals surface area contributed by atoms with Gasteiger partial charge in [-0.3, -0.25) is 4.57 Å². The number of nitrogens with zero attached hydrogens (tertiary/aromatic N) is 1. The van der Waals surface area contributed by atoms with Gasteiger partial charge in [0.05, 0.1) is 12.2 Å². The molecule has 0 aliphatic carbocycles. The van der Waals surface area contributed by atoms with E-state index in [1.807, 2.05) is 72.8 Å². The van der Waals surface area contributed by atoms with Gasteiger partial charge in [0.15, 0.2) is 5.76 Å². The molecule has 4 rings (SSSR count). The van der Waals surface area contributed by atoms with Crippen LogP contribution in [0.3, 0.4) is 0 Å². The second kappa shape index (κ2) is 8.65. The van der Waals surface area contributed by atoms with Gasteiger partial charge in [-0.1, -0.05) is 112 Å². The lowest BCUT2D eigenvalue weighted by atomic mass is 9.87. The SMILES string of the molecule is CC(C)(C)c1ccc(/C=C/c2c(-c3ccccc3)oc(=O)n2Cc2ccccc2)cc1. The maximum absolute atomic E-state index is 12.8. The Bertz CT molecular complexity index is 1220. The van der Waals surface area contributed by atoms with Crippen LogP contribution in [0.25, 0.3) is 23.5 Å². The molecule has 3 heteroatoms. The maximum atomic E-state index is 12.8. The van der Waals surface area contributed by atoms with Crippen molar-refractivity contribution in [3.8, 4) is 11.3 Å². The van der Waals surface area contributed by atoms with Crippen molar-refractivity contribution in [1.82, 2.24) is 4.57 Å². The molecule has 0 radical (unpaired) electrons. The first-order valence-corrected chi connectivity index (χ1v) is 10.5. The fraction of sp³-hybridized carbons (Fsp3) is 0.179. The number of hydrogen-bond acceptors (Lipinski definition) is 2. The normalized spacial score (nSPS) is 11.8. The van der Waals surface area contributed by atoms with Crippen LogP contribution in [0.4, 0.5) is 0 Å². The molecule has 0 saturated heterocycles. The van der Waals surface area contributed by atoms with E-state index in [1.165, 1.54) is 5.56 Å². The molecule has 1 heterocycles. The topological polar surface area (TPSA) is 35.1 Å². The first-order valence-electron chi connectivity index (χ1n) is 10.5. The summed E-state index contributed by atoms with van der Waals surface area (Å²) in [5, 5.41) is 0. The van der Waals surface area contributed by atoms with Crippen molar-refractivity contribution in [2.75, 3.05) is 0 Å². The molecule has 0 fully saturated rings. The monoisotopic (exact) mass is 409 g/mol. The van der Waals surface area contributed by atoms with Crippen LogP contribution >= 0.6 is 0 Å². The van der Waals surface area contributed by atoms with Crippen LogP contribution in [0, 0.1) is 0 Å². The molecule has 3 nitrogen and oxygen atoms in total. The zero-order valence-electron chi connectivity index (χ0n) is 18.2. The Kier molecular flexibility index (Phi) is 5.77. The van der Waals surface area contributed by atoms with Gasteiger partial charge < -0.3 is 4.42 Å². The van der Waals surface area contributed by atoms with Gasteiger partial charge in [0.1, 0.15) is 0 Å². The fourth-order valence-electron chi connectivity index (χ4n) is 3.56. The standard InChI is InChI=1S/C28H27NO2/c1-28(2,3)24-17-14-21(15-18-24)16-19-25-26(23-12-8-5-9-13-23)31-27(30)29(25)20-22-10-6-4-7-11-22/h4-19H,20H2,1-3H3/b19-16+. The Morgan fingerprint density at radius 3 is 2.03 bits per heavy atom. The predicted octanol–water partition coefficient (Wildman–Crippen LogP) is 6.62. The molecular formula is C28H27NO2. The van der Waals surface area contributed by atoms with Gasteiger partial charge in [0.2, 0.25) is 0 Å². The highest BCUT2D eigenvalue weighted by atomic mass is 16.4. The van der Waals surface area contributed by atoms with E-state index >= 15 is 0 Å². The molecule has 0 spiro atoms. The van der Waals surface area contributed by atoms with Crippen molar-refractivity contribution in [1.29, 1.82) is 0 Å². The van der Waals surface area contributed by atoms with E-state index in [-0.39, 0.29) is 11.2 Å². The maximum Gasteiger partial charge on any atom is 0.420 e. The van der Waals surface area contributed by atoms with Crippen molar-refractivity contribution < 1.29 is 4.42 Å². The van der Waals surface area contributed by atoms with Crippen LogP contribution < -0.4 is 5.76 Å². The average molecular weight is 410 g/mol. The van der Waals surface area contributed by atoms with Crippen molar-refractivity contribution in [3.63, 3.8) is 0 Å². The molecule has 0 unspecified atom stereocenters. The predicted molar refractivity (Wildman–Crippen MR) is 128 cm³/mol. The number of benzene rings is 3. The molecule has 0 amide bonds. The Balaban J connectivity index is 1.75. The lowest BCUT2D eigenvalue weighted by molar-refractivity contribution is 0.497. The second-order valence-corrected chi connectivity index (χ2v) is 8.73. The summed E-state index contributed by atoms with van der Waals surface area (Å²) in [5.74, 6) is 0.231. The van der Waals surface area contributed by atoms with Gasteiger partial charge in [0, 0.05) is 5.56 Å². The average Bonchev–Trinajstić information content (AvgIpc) is 3.08. The quantitative estimate of drug-likeness (QED) is 0.371. The third-order valence-corrected chi connectivity index (χ3v) is 5.36. The van der Waals surface area contributed by atoms with Crippen LogP contribution in [0.1, 0.15) is 43.2 Å². The molecule has 0 atom stereocenters. The molecule has 3 aromatic carbocycles. The van der Waals surface area contributed by atoms with Crippen molar-refractivity contribution >= 4 is 12.2 Å². The van der Waals surface area contributed by atoms with Crippen molar-refractivity contribution in [3.05, 3.63) is 118 Å². The van der Waals surface area contributed by atoms with E-state index < -0.39 is 0 Å². The smallest absolute Gasteiger partial charge is 0.407 e. The first-order chi connectivity index (χ1) is 14.9. The van der Waals surface area contributed by atoms with E-state index in [9.17, 15) is 4.79 Å². The fourth-order valence-corrected chi connectivity index (χ4v) is 3.56. The summed E-state index contributed by atoms with van der Waals surface area (Å²) in [6.07, 6.45) is 4.01. The van der Waals surface area contributed by atoms with Gasteiger partial charge in [0.25, 0.3) is 0 Å². The van der Waals surface area contributed by atoms with Gasteiger partial charge >= 0.3 is 5.76 Å². The highest BCUT2D eigenvalue weighted by Crippen LogP contribution is 2.26. The highest BCUT2D eigenvalue weighted by molar-refractivity contribution is 5.76. The van der Waals surface area contributed by atoms with Crippen molar-refractivity contribution in [2.45, 2.75) is 32.7 Å². The van der Waals surface area contributed by atoms with Gasteiger partial charge in [-0.25, -0.2) is 4.79 Å². The molecule has 0 aliphatic heterocycles. The van der Waals surface area contributed by atoms with E-state index in [1.54, 1.807) is 4.57 Å². The third-order valence-electron chi connectivity index (χ3n) is 5.36. The third kappa shape index (κ3) is 4.77. The number of rotatable bonds is 5. The molecule has 1 aromatic heterocycles. The number of aromatic nitrogens is 1. The minimum atomic E-state index is -0.356. The summed E-state index contributed by atoms with van der Waals surface area (Å²) in [5.41, 5.74) is 5.18. The van der Waals surface area contributed by atoms with E-state index in [0.29, 0.717) is 12.3 Å². The minimum absolute atomic E-state index is 0.115. The van der Waals surface area contributed by atoms with Crippen LogP contribution in [-0.4, -0.2) is 4.57 Å². The molecular weight excluding hydrogens is 382 g/mol. The van der Waals surface area contributed by atoms with Crippen LogP contribution in [0.15, 0.2) is 94.1 Å². The number of hydrogen-bond donors (Lipinski definition) is 0. The second-order valence-electron chi connectivity index (χ2n) is 8.73. The summed E-state index contributed by atoms with van der Waals surface area (Å²) < 4.78 is 7.40. The molecule has 0 aliphatic rings. The molecule has 0 saturated carbocycles. The molecule has 0 bridgehead atoms. The zero-order chi connectivity index (χ0) is 21.8. The van der Waals surface area contributed by atoms with E-state index in [4.69, 9.17) is 4.42 Å². The highest BCUT2D eigenvalue weighted by Gasteiger charge is 2.17. The first kappa shape index (κ1) is 20.7. The van der Waals surface area contributed by atoms with Crippen LogP contribution in [-0.2, 0) is 12.0 Å². The van der Waals surface area contributed by atoms with Crippen molar-refractivity contribution in [2.24, 2.45) is 0 Å².